The molecule has 0 spiro atoms. The Morgan fingerprint density at radius 2 is 2.18 bits per heavy atom. The third-order valence-corrected chi connectivity index (χ3v) is 2.49. The van der Waals surface area contributed by atoms with Crippen molar-refractivity contribution in [2.75, 3.05) is 0 Å². The Hall–Kier alpha value is -0.860. The van der Waals surface area contributed by atoms with E-state index < -0.39 is 0 Å². The molecule has 11 heavy (non-hydrogen) atoms. The highest BCUT2D eigenvalue weighted by Crippen LogP contribution is 2.30. The van der Waals surface area contributed by atoms with Crippen molar-refractivity contribution in [1.82, 2.24) is 5.32 Å². The summed E-state index contributed by atoms with van der Waals surface area (Å²) in [4.78, 5) is 22.0. The van der Waals surface area contributed by atoms with Crippen molar-refractivity contribution >= 4 is 11.8 Å². The highest BCUT2D eigenvalue weighted by molar-refractivity contribution is 6.00. The zero-order chi connectivity index (χ0) is 8.48. The van der Waals surface area contributed by atoms with Crippen LogP contribution in [-0.4, -0.2) is 11.8 Å². The third-order valence-electron chi connectivity index (χ3n) is 2.49. The van der Waals surface area contributed by atoms with Gasteiger partial charge in [0.2, 0.25) is 11.8 Å². The zero-order valence-electron chi connectivity index (χ0n) is 6.94. The van der Waals surface area contributed by atoms with Gasteiger partial charge in [0, 0.05) is 11.8 Å². The molecule has 0 aromatic carbocycles. The summed E-state index contributed by atoms with van der Waals surface area (Å²) in [6.07, 6.45) is 1.97. The lowest BCUT2D eigenvalue weighted by Gasteiger charge is -2.30. The molecule has 62 valence electrons. The van der Waals surface area contributed by atoms with Gasteiger partial charge in [0.05, 0.1) is 0 Å². The second-order valence-corrected chi connectivity index (χ2v) is 3.29. The second-order valence-electron chi connectivity index (χ2n) is 3.29. The second kappa shape index (κ2) is 2.64. The van der Waals surface area contributed by atoms with Crippen LogP contribution in [0.1, 0.15) is 33.1 Å². The van der Waals surface area contributed by atoms with Crippen molar-refractivity contribution < 1.29 is 9.59 Å². The number of carbonyl (C=O) groups excluding carboxylic acids is 2. The molecule has 0 radical (unpaired) electrons. The van der Waals surface area contributed by atoms with Crippen molar-refractivity contribution in [2.45, 2.75) is 33.1 Å². The lowest BCUT2D eigenvalue weighted by molar-refractivity contribution is -0.141. The molecule has 3 nitrogen and oxygen atoms in total. The van der Waals surface area contributed by atoms with Gasteiger partial charge in [-0.15, -0.1) is 0 Å². The van der Waals surface area contributed by atoms with Gasteiger partial charge in [-0.2, -0.15) is 0 Å². The van der Waals surface area contributed by atoms with Gasteiger partial charge in [-0.25, -0.2) is 0 Å². The summed E-state index contributed by atoms with van der Waals surface area (Å²) < 4.78 is 0. The Morgan fingerprint density at radius 3 is 2.64 bits per heavy atom. The molecule has 3 heteroatoms. The molecule has 0 aromatic rings. The van der Waals surface area contributed by atoms with Gasteiger partial charge in [0.1, 0.15) is 0 Å². The molecule has 1 rings (SSSR count). The SMILES string of the molecule is CCC1(C)CCC(=O)NC1=O. The predicted octanol–water partition coefficient (Wildman–Crippen LogP) is 0.839. The van der Waals surface area contributed by atoms with Crippen LogP contribution < -0.4 is 5.32 Å². The van der Waals surface area contributed by atoms with Gasteiger partial charge in [-0.1, -0.05) is 13.8 Å². The fourth-order valence-corrected chi connectivity index (χ4v) is 1.18. The lowest BCUT2D eigenvalue weighted by Crippen LogP contribution is -2.46. The molecule has 1 atom stereocenters. The van der Waals surface area contributed by atoms with Crippen LogP contribution >= 0.6 is 0 Å². The summed E-state index contributed by atoms with van der Waals surface area (Å²) in [5, 5.41) is 2.34. The minimum atomic E-state index is -0.312. The topological polar surface area (TPSA) is 46.2 Å². The zero-order valence-corrected chi connectivity index (χ0v) is 6.94. The number of hydrogen-bond acceptors (Lipinski definition) is 2. The molecule has 1 heterocycles. The highest BCUT2D eigenvalue weighted by atomic mass is 16.2. The highest BCUT2D eigenvalue weighted by Gasteiger charge is 2.36. The molecular weight excluding hydrogens is 142 g/mol. The van der Waals surface area contributed by atoms with Crippen LogP contribution in [0.3, 0.4) is 0 Å². The van der Waals surface area contributed by atoms with Gasteiger partial charge in [-0.3, -0.25) is 14.9 Å². The van der Waals surface area contributed by atoms with Gasteiger partial charge in [0.25, 0.3) is 0 Å². The van der Waals surface area contributed by atoms with E-state index in [-0.39, 0.29) is 17.2 Å². The van der Waals surface area contributed by atoms with E-state index in [2.05, 4.69) is 5.32 Å². The normalized spacial score (nSPS) is 31.8. The molecule has 0 aliphatic carbocycles. The van der Waals surface area contributed by atoms with E-state index >= 15 is 0 Å². The Bertz CT molecular complexity index is 200. The van der Waals surface area contributed by atoms with E-state index in [0.717, 1.165) is 6.42 Å². The first kappa shape index (κ1) is 8.24. The van der Waals surface area contributed by atoms with E-state index in [9.17, 15) is 9.59 Å². The van der Waals surface area contributed by atoms with Crippen LogP contribution in [0.25, 0.3) is 0 Å². The number of carbonyl (C=O) groups is 2. The summed E-state index contributed by atoms with van der Waals surface area (Å²) in [6.45, 7) is 3.87. The predicted molar refractivity (Wildman–Crippen MR) is 40.8 cm³/mol. The minimum Gasteiger partial charge on any atom is -0.296 e. The van der Waals surface area contributed by atoms with Crippen LogP contribution in [0.5, 0.6) is 0 Å². The number of rotatable bonds is 1. The Morgan fingerprint density at radius 1 is 1.55 bits per heavy atom. The first-order valence-electron chi connectivity index (χ1n) is 3.93. The lowest BCUT2D eigenvalue weighted by atomic mass is 9.79. The number of amides is 2. The smallest absolute Gasteiger partial charge is 0.232 e. The maximum absolute atomic E-state index is 11.2. The number of piperidine rings is 1. The molecule has 1 aliphatic heterocycles. The summed E-state index contributed by atoms with van der Waals surface area (Å²) in [7, 11) is 0. The molecule has 0 saturated carbocycles. The molecule has 1 N–H and O–H groups in total. The molecular formula is C8H13NO2. The minimum absolute atomic E-state index is 0.115. The average Bonchev–Trinajstić information content (AvgIpc) is 1.98. The maximum Gasteiger partial charge on any atom is 0.232 e. The summed E-state index contributed by atoms with van der Waals surface area (Å²) in [5.41, 5.74) is -0.312. The average molecular weight is 155 g/mol. The van der Waals surface area contributed by atoms with Crippen LogP contribution in [0.2, 0.25) is 0 Å². The molecule has 1 unspecified atom stereocenters. The van der Waals surface area contributed by atoms with E-state index in [4.69, 9.17) is 0 Å². The Labute approximate surface area is 66.2 Å². The molecule has 1 saturated heterocycles. The molecule has 0 bridgehead atoms. The van der Waals surface area contributed by atoms with Crippen molar-refractivity contribution in [2.24, 2.45) is 5.41 Å². The Balaban J connectivity index is 2.71. The number of imide groups is 1. The van der Waals surface area contributed by atoms with Crippen molar-refractivity contribution in [3.8, 4) is 0 Å². The van der Waals surface area contributed by atoms with E-state index in [0.29, 0.717) is 12.8 Å². The van der Waals surface area contributed by atoms with Gasteiger partial charge in [-0.05, 0) is 12.8 Å². The first-order chi connectivity index (χ1) is 5.08. The number of hydrogen-bond donors (Lipinski definition) is 1. The van der Waals surface area contributed by atoms with Gasteiger partial charge in [0.15, 0.2) is 0 Å². The van der Waals surface area contributed by atoms with E-state index in [1.165, 1.54) is 0 Å². The summed E-state index contributed by atoms with van der Waals surface area (Å²) in [5.74, 6) is -0.253. The number of nitrogens with one attached hydrogen (secondary N) is 1. The van der Waals surface area contributed by atoms with Crippen molar-refractivity contribution in [3.05, 3.63) is 0 Å². The molecule has 2 amide bonds. The van der Waals surface area contributed by atoms with Crippen LogP contribution in [0.15, 0.2) is 0 Å². The Kier molecular flexibility index (Phi) is 1.98. The van der Waals surface area contributed by atoms with Crippen molar-refractivity contribution in [3.63, 3.8) is 0 Å². The molecule has 0 aromatic heterocycles. The van der Waals surface area contributed by atoms with Crippen molar-refractivity contribution in [1.29, 1.82) is 0 Å². The standard InChI is InChI=1S/C8H13NO2/c1-3-8(2)5-4-6(10)9-7(8)11/h3-5H2,1-2H3,(H,9,10,11). The fourth-order valence-electron chi connectivity index (χ4n) is 1.18. The monoisotopic (exact) mass is 155 g/mol. The van der Waals surface area contributed by atoms with Crippen LogP contribution in [0, 0.1) is 5.41 Å². The summed E-state index contributed by atoms with van der Waals surface area (Å²) in [6, 6.07) is 0. The van der Waals surface area contributed by atoms with E-state index in [1.807, 2.05) is 13.8 Å². The molecule has 1 fully saturated rings. The largest absolute Gasteiger partial charge is 0.296 e. The quantitative estimate of drug-likeness (QED) is 0.570. The first-order valence-corrected chi connectivity index (χ1v) is 3.93. The van der Waals surface area contributed by atoms with Gasteiger partial charge < -0.3 is 0 Å². The molecule has 1 aliphatic rings. The van der Waals surface area contributed by atoms with E-state index in [1.54, 1.807) is 0 Å². The fraction of sp³-hybridized carbons (Fsp3) is 0.750. The van der Waals surface area contributed by atoms with Gasteiger partial charge >= 0.3 is 0 Å². The van der Waals surface area contributed by atoms with Crippen LogP contribution in [0.4, 0.5) is 0 Å². The summed E-state index contributed by atoms with van der Waals surface area (Å²) >= 11 is 0. The maximum atomic E-state index is 11.2. The van der Waals surface area contributed by atoms with Crippen LogP contribution in [-0.2, 0) is 9.59 Å². The third kappa shape index (κ3) is 1.42.